The second-order valence-corrected chi connectivity index (χ2v) is 6.23. The van der Waals surface area contributed by atoms with E-state index in [1.54, 1.807) is 44.2 Å². The molecule has 0 aromatic heterocycles. The summed E-state index contributed by atoms with van der Waals surface area (Å²) in [5.74, 6) is -2.26. The first-order chi connectivity index (χ1) is 12.5. The number of hydrogen-bond donors (Lipinski definition) is 1. The van der Waals surface area contributed by atoms with E-state index in [1.807, 2.05) is 0 Å². The van der Waals surface area contributed by atoms with Gasteiger partial charge in [-0.3, -0.25) is 0 Å². The molecule has 0 aliphatic carbocycles. The fourth-order valence-corrected chi connectivity index (χ4v) is 3.02. The van der Waals surface area contributed by atoms with Gasteiger partial charge in [-0.1, -0.05) is 11.8 Å². The Morgan fingerprint density at radius 3 is 2.00 bits per heavy atom. The van der Waals surface area contributed by atoms with Crippen LogP contribution in [0.2, 0.25) is 0 Å². The molecule has 2 rings (SSSR count). The van der Waals surface area contributed by atoms with Crippen molar-refractivity contribution >= 4 is 29.7 Å². The maximum Gasteiger partial charge on any atom is 0.339 e. The lowest BCUT2D eigenvalue weighted by atomic mass is 10.1. The number of ether oxygens (including phenoxy) is 2. The third-order valence-corrected chi connectivity index (χ3v) is 4.32. The van der Waals surface area contributed by atoms with Crippen LogP contribution in [0.5, 0.6) is 0 Å². The van der Waals surface area contributed by atoms with Gasteiger partial charge in [-0.15, -0.1) is 0 Å². The minimum Gasteiger partial charge on any atom is -0.478 e. The van der Waals surface area contributed by atoms with Crippen LogP contribution < -0.4 is 0 Å². The number of carbonyl (C=O) groups is 3. The summed E-state index contributed by atoms with van der Waals surface area (Å²) in [7, 11) is 0. The lowest BCUT2D eigenvalue weighted by Crippen LogP contribution is -2.11. The van der Waals surface area contributed by atoms with Crippen LogP contribution in [-0.2, 0) is 9.47 Å². The minimum absolute atomic E-state index is 0.00694. The number of aromatic carboxylic acids is 1. The van der Waals surface area contributed by atoms with E-state index < -0.39 is 11.9 Å². The molecule has 136 valence electrons. The summed E-state index contributed by atoms with van der Waals surface area (Å²) in [5, 5.41) is 9.23. The van der Waals surface area contributed by atoms with Crippen LogP contribution in [-0.4, -0.2) is 36.2 Å². The first-order valence-corrected chi connectivity index (χ1v) is 8.77. The molecule has 2 aromatic carbocycles. The van der Waals surface area contributed by atoms with Crippen molar-refractivity contribution in [3.05, 3.63) is 59.2 Å². The molecule has 6 nitrogen and oxygen atoms in total. The van der Waals surface area contributed by atoms with Crippen LogP contribution >= 0.6 is 11.8 Å². The summed E-state index contributed by atoms with van der Waals surface area (Å²) in [6.07, 6.45) is 0. The number of carboxylic acids is 1. The van der Waals surface area contributed by atoms with Crippen LogP contribution in [0.15, 0.2) is 52.3 Å². The van der Waals surface area contributed by atoms with Gasteiger partial charge in [-0.2, -0.15) is 0 Å². The third-order valence-electron chi connectivity index (χ3n) is 3.32. The largest absolute Gasteiger partial charge is 0.478 e. The van der Waals surface area contributed by atoms with Crippen LogP contribution in [0, 0.1) is 0 Å². The lowest BCUT2D eigenvalue weighted by molar-refractivity contribution is 0.0511. The highest BCUT2D eigenvalue weighted by molar-refractivity contribution is 7.99. The monoisotopic (exact) mass is 374 g/mol. The Labute approximate surface area is 155 Å². The van der Waals surface area contributed by atoms with E-state index in [1.165, 1.54) is 23.9 Å². The fourth-order valence-electron chi connectivity index (χ4n) is 2.16. The Morgan fingerprint density at radius 1 is 0.846 bits per heavy atom. The van der Waals surface area contributed by atoms with Gasteiger partial charge in [0.2, 0.25) is 0 Å². The number of carboxylic acid groups (broad SMARTS) is 1. The summed E-state index contributed by atoms with van der Waals surface area (Å²) >= 11 is 1.34. The second kappa shape index (κ2) is 9.05. The van der Waals surface area contributed by atoms with Gasteiger partial charge in [0.05, 0.1) is 29.9 Å². The number of esters is 2. The van der Waals surface area contributed by atoms with Crippen LogP contribution in [0.25, 0.3) is 0 Å². The molecule has 0 fully saturated rings. The van der Waals surface area contributed by atoms with Crippen molar-refractivity contribution < 1.29 is 29.0 Å². The molecular weight excluding hydrogens is 356 g/mol. The van der Waals surface area contributed by atoms with Gasteiger partial charge in [0.25, 0.3) is 0 Å². The smallest absolute Gasteiger partial charge is 0.339 e. The molecule has 26 heavy (non-hydrogen) atoms. The minimum atomic E-state index is -1.19. The van der Waals surface area contributed by atoms with Crippen LogP contribution in [0.3, 0.4) is 0 Å². The molecule has 0 unspecified atom stereocenters. The van der Waals surface area contributed by atoms with Gasteiger partial charge >= 0.3 is 17.9 Å². The molecule has 0 heterocycles. The van der Waals surface area contributed by atoms with Gasteiger partial charge in [-0.05, 0) is 56.3 Å². The molecular formula is C19H18O6S. The molecule has 0 radical (unpaired) electrons. The molecule has 0 aliphatic heterocycles. The van der Waals surface area contributed by atoms with E-state index in [-0.39, 0.29) is 23.7 Å². The van der Waals surface area contributed by atoms with E-state index in [0.717, 1.165) is 4.90 Å². The Bertz CT molecular complexity index is 813. The topological polar surface area (TPSA) is 89.9 Å². The Morgan fingerprint density at radius 2 is 1.42 bits per heavy atom. The SMILES string of the molecule is CCOC(=O)c1ccc(Sc2ccc(C(=O)O)c(C(=O)OCC)c2)cc1. The van der Waals surface area contributed by atoms with Crippen molar-refractivity contribution in [2.24, 2.45) is 0 Å². The average molecular weight is 374 g/mol. The highest BCUT2D eigenvalue weighted by Crippen LogP contribution is 2.30. The molecule has 0 bridgehead atoms. The summed E-state index contributed by atoms with van der Waals surface area (Å²) in [6.45, 7) is 3.86. The maximum atomic E-state index is 12.0. The summed E-state index contributed by atoms with van der Waals surface area (Å²) in [5.41, 5.74) is 0.350. The molecule has 0 aliphatic rings. The van der Waals surface area contributed by atoms with E-state index in [2.05, 4.69) is 0 Å². The quantitative estimate of drug-likeness (QED) is 0.735. The zero-order chi connectivity index (χ0) is 19.1. The zero-order valence-electron chi connectivity index (χ0n) is 14.4. The van der Waals surface area contributed by atoms with Gasteiger partial charge in [-0.25, -0.2) is 14.4 Å². The molecule has 7 heteroatoms. The van der Waals surface area contributed by atoms with Crippen molar-refractivity contribution in [3.8, 4) is 0 Å². The number of benzene rings is 2. The van der Waals surface area contributed by atoms with E-state index >= 15 is 0 Å². The summed E-state index contributed by atoms with van der Waals surface area (Å²) in [4.78, 5) is 36.5. The number of hydrogen-bond acceptors (Lipinski definition) is 6. The van der Waals surface area contributed by atoms with E-state index in [4.69, 9.17) is 9.47 Å². The normalized spacial score (nSPS) is 10.2. The molecule has 0 saturated carbocycles. The standard InChI is InChI=1S/C19H18O6S/c1-3-24-18(22)12-5-7-13(8-6-12)26-14-9-10-15(17(20)21)16(11-14)19(23)25-4-2/h5-11H,3-4H2,1-2H3,(H,20,21). The Hall–Kier alpha value is -2.80. The third kappa shape index (κ3) is 4.86. The lowest BCUT2D eigenvalue weighted by Gasteiger charge is -2.09. The second-order valence-electron chi connectivity index (χ2n) is 5.08. The molecule has 0 saturated heterocycles. The molecule has 2 aromatic rings. The Balaban J connectivity index is 2.24. The average Bonchev–Trinajstić information content (AvgIpc) is 2.62. The summed E-state index contributed by atoms with van der Waals surface area (Å²) in [6, 6.07) is 11.3. The van der Waals surface area contributed by atoms with Crippen molar-refractivity contribution in [1.29, 1.82) is 0 Å². The predicted octanol–water partition coefficient (Wildman–Crippen LogP) is 3.89. The van der Waals surface area contributed by atoms with Crippen LogP contribution in [0.1, 0.15) is 44.9 Å². The fraction of sp³-hybridized carbons (Fsp3) is 0.211. The number of rotatable bonds is 7. The van der Waals surface area contributed by atoms with Gasteiger partial charge < -0.3 is 14.6 Å². The van der Waals surface area contributed by atoms with Gasteiger partial charge in [0.1, 0.15) is 0 Å². The van der Waals surface area contributed by atoms with E-state index in [0.29, 0.717) is 17.1 Å². The number of carbonyl (C=O) groups excluding carboxylic acids is 2. The molecule has 0 spiro atoms. The van der Waals surface area contributed by atoms with Gasteiger partial charge in [0.15, 0.2) is 0 Å². The molecule has 0 amide bonds. The first-order valence-electron chi connectivity index (χ1n) is 7.95. The Kier molecular flexibility index (Phi) is 6.80. The highest BCUT2D eigenvalue weighted by atomic mass is 32.2. The van der Waals surface area contributed by atoms with Crippen molar-refractivity contribution in [3.63, 3.8) is 0 Å². The van der Waals surface area contributed by atoms with Gasteiger partial charge in [0, 0.05) is 9.79 Å². The first kappa shape index (κ1) is 19.5. The highest BCUT2D eigenvalue weighted by Gasteiger charge is 2.18. The molecule has 1 N–H and O–H groups in total. The van der Waals surface area contributed by atoms with E-state index in [9.17, 15) is 19.5 Å². The van der Waals surface area contributed by atoms with Crippen LogP contribution in [0.4, 0.5) is 0 Å². The van der Waals surface area contributed by atoms with Crippen molar-refractivity contribution in [2.45, 2.75) is 23.6 Å². The zero-order valence-corrected chi connectivity index (χ0v) is 15.2. The van der Waals surface area contributed by atoms with Crippen molar-refractivity contribution in [1.82, 2.24) is 0 Å². The molecule has 0 atom stereocenters. The maximum absolute atomic E-state index is 12.0. The predicted molar refractivity (Wildman–Crippen MR) is 95.9 cm³/mol. The summed E-state index contributed by atoms with van der Waals surface area (Å²) < 4.78 is 9.86. The van der Waals surface area contributed by atoms with Crippen molar-refractivity contribution in [2.75, 3.05) is 13.2 Å².